The quantitative estimate of drug-likeness (QED) is 0.509. The Morgan fingerprint density at radius 2 is 2.00 bits per heavy atom. The van der Waals surface area contributed by atoms with Crippen molar-refractivity contribution in [2.24, 2.45) is 10.8 Å². The standard InChI is InChI=1S/C4H14N2Si/c1-2-3-4-7(5)6/h7H,2-6H2,1H3. The van der Waals surface area contributed by atoms with E-state index < -0.39 is 9.12 Å². The van der Waals surface area contributed by atoms with E-state index in [1.54, 1.807) is 0 Å². The minimum absolute atomic E-state index is 1.09. The number of nitrogens with two attached hydrogens (primary N) is 2. The minimum atomic E-state index is -1.19. The topological polar surface area (TPSA) is 52.0 Å². The van der Waals surface area contributed by atoms with Crippen LogP contribution in [0.4, 0.5) is 0 Å². The molecule has 0 spiro atoms. The van der Waals surface area contributed by atoms with Crippen LogP contribution in [0.5, 0.6) is 0 Å². The highest BCUT2D eigenvalue weighted by atomic mass is 28.3. The van der Waals surface area contributed by atoms with Crippen molar-refractivity contribution >= 4 is 9.12 Å². The van der Waals surface area contributed by atoms with Gasteiger partial charge in [0, 0.05) is 0 Å². The first-order valence-corrected chi connectivity index (χ1v) is 4.93. The van der Waals surface area contributed by atoms with Crippen molar-refractivity contribution in [2.45, 2.75) is 25.8 Å². The summed E-state index contributed by atoms with van der Waals surface area (Å²) in [5.74, 6) is 0. The summed E-state index contributed by atoms with van der Waals surface area (Å²) in [5, 5.41) is 10.8. The molecule has 0 radical (unpaired) electrons. The molecule has 0 bridgehead atoms. The van der Waals surface area contributed by atoms with E-state index in [1.165, 1.54) is 12.8 Å². The zero-order chi connectivity index (χ0) is 5.70. The van der Waals surface area contributed by atoms with E-state index >= 15 is 0 Å². The average Bonchev–Trinajstić information content (AvgIpc) is 1.61. The Bertz CT molecular complexity index is 38.7. The first-order chi connectivity index (χ1) is 3.27. The Labute approximate surface area is 46.7 Å². The van der Waals surface area contributed by atoms with E-state index in [9.17, 15) is 0 Å². The third-order valence-corrected chi connectivity index (χ3v) is 1.97. The number of unbranched alkanes of at least 4 members (excludes halogenated alkanes) is 1. The van der Waals surface area contributed by atoms with Crippen molar-refractivity contribution in [3.8, 4) is 0 Å². The van der Waals surface area contributed by atoms with Gasteiger partial charge in [-0.05, 0) is 6.04 Å². The van der Waals surface area contributed by atoms with Gasteiger partial charge in [0.05, 0.1) is 0 Å². The summed E-state index contributed by atoms with van der Waals surface area (Å²) < 4.78 is 0. The molecule has 0 unspecified atom stereocenters. The van der Waals surface area contributed by atoms with E-state index in [4.69, 9.17) is 10.8 Å². The van der Waals surface area contributed by atoms with Gasteiger partial charge in [-0.25, -0.2) is 0 Å². The van der Waals surface area contributed by atoms with Crippen molar-refractivity contribution in [1.29, 1.82) is 0 Å². The number of hydrogen-bond donors (Lipinski definition) is 2. The molecule has 0 amide bonds. The van der Waals surface area contributed by atoms with Crippen LogP contribution in [0.15, 0.2) is 0 Å². The Hall–Kier alpha value is 0.137. The third kappa shape index (κ3) is 6.14. The fourth-order valence-electron chi connectivity index (χ4n) is 0.440. The molecule has 0 rings (SSSR count). The van der Waals surface area contributed by atoms with Crippen molar-refractivity contribution in [1.82, 2.24) is 0 Å². The second-order valence-electron chi connectivity index (χ2n) is 1.81. The van der Waals surface area contributed by atoms with Crippen LogP contribution in [0.2, 0.25) is 6.04 Å². The maximum atomic E-state index is 5.40. The van der Waals surface area contributed by atoms with Gasteiger partial charge in [-0.1, -0.05) is 19.8 Å². The highest BCUT2D eigenvalue weighted by Crippen LogP contribution is 1.91. The fraction of sp³-hybridized carbons (Fsp3) is 1.00. The minimum Gasteiger partial charge on any atom is -0.342 e. The van der Waals surface area contributed by atoms with Gasteiger partial charge < -0.3 is 10.8 Å². The van der Waals surface area contributed by atoms with Gasteiger partial charge in [-0.15, -0.1) is 0 Å². The lowest BCUT2D eigenvalue weighted by Crippen LogP contribution is -2.36. The Kier molecular flexibility index (Phi) is 4.38. The number of hydrogen-bond acceptors (Lipinski definition) is 2. The monoisotopic (exact) mass is 118 g/mol. The molecule has 0 heterocycles. The molecule has 4 N–H and O–H groups in total. The van der Waals surface area contributed by atoms with E-state index in [1.807, 2.05) is 0 Å². The van der Waals surface area contributed by atoms with Gasteiger partial charge in [0.1, 0.15) is 0 Å². The summed E-state index contributed by atoms with van der Waals surface area (Å²) in [7, 11) is -1.19. The molecule has 0 saturated heterocycles. The van der Waals surface area contributed by atoms with Crippen LogP contribution < -0.4 is 10.8 Å². The predicted octanol–water partition coefficient (Wildman–Crippen LogP) is -0.0756. The Morgan fingerprint density at radius 3 is 2.14 bits per heavy atom. The largest absolute Gasteiger partial charge is 0.342 e. The van der Waals surface area contributed by atoms with Crippen LogP contribution in [0.1, 0.15) is 19.8 Å². The molecule has 3 heteroatoms. The third-order valence-electron chi connectivity index (χ3n) is 0.891. The predicted molar refractivity (Wildman–Crippen MR) is 35.2 cm³/mol. The van der Waals surface area contributed by atoms with Crippen LogP contribution in [0.3, 0.4) is 0 Å². The second-order valence-corrected chi connectivity index (χ2v) is 3.71. The SMILES string of the molecule is CCCC[SiH](N)N. The highest BCUT2D eigenvalue weighted by Gasteiger charge is 1.92. The first kappa shape index (κ1) is 7.14. The summed E-state index contributed by atoms with van der Waals surface area (Å²) >= 11 is 0. The molecule has 0 saturated carbocycles. The fourth-order valence-corrected chi connectivity index (χ4v) is 1.32. The van der Waals surface area contributed by atoms with Crippen molar-refractivity contribution in [2.75, 3.05) is 0 Å². The maximum Gasteiger partial charge on any atom is 0.179 e. The average molecular weight is 118 g/mol. The van der Waals surface area contributed by atoms with E-state index in [2.05, 4.69) is 6.92 Å². The molecule has 2 nitrogen and oxygen atoms in total. The molecule has 0 aromatic heterocycles. The smallest absolute Gasteiger partial charge is 0.179 e. The molecular formula is C4H14N2Si. The lowest BCUT2D eigenvalue weighted by molar-refractivity contribution is 0.871. The summed E-state index contributed by atoms with van der Waals surface area (Å²) in [6, 6.07) is 1.09. The molecule has 7 heavy (non-hydrogen) atoms. The molecule has 0 aliphatic carbocycles. The molecule has 0 atom stereocenters. The molecular weight excluding hydrogens is 104 g/mol. The van der Waals surface area contributed by atoms with Gasteiger partial charge in [-0.2, -0.15) is 0 Å². The molecule has 0 aromatic rings. The normalized spacial score (nSPS) is 10.3. The summed E-state index contributed by atoms with van der Waals surface area (Å²) in [6.07, 6.45) is 2.43. The lowest BCUT2D eigenvalue weighted by atomic mass is 10.4. The first-order valence-electron chi connectivity index (χ1n) is 2.78. The summed E-state index contributed by atoms with van der Waals surface area (Å²) in [4.78, 5) is 0. The van der Waals surface area contributed by atoms with Gasteiger partial charge in [0.2, 0.25) is 0 Å². The van der Waals surface area contributed by atoms with E-state index in [0.717, 1.165) is 6.04 Å². The zero-order valence-corrected chi connectivity index (χ0v) is 6.01. The Morgan fingerprint density at radius 1 is 1.43 bits per heavy atom. The second kappa shape index (κ2) is 4.30. The Balaban J connectivity index is 2.68. The van der Waals surface area contributed by atoms with Crippen LogP contribution in [-0.4, -0.2) is 9.12 Å². The highest BCUT2D eigenvalue weighted by molar-refractivity contribution is 6.51. The van der Waals surface area contributed by atoms with Crippen LogP contribution in [-0.2, 0) is 0 Å². The molecule has 0 fully saturated rings. The zero-order valence-electron chi connectivity index (χ0n) is 4.85. The van der Waals surface area contributed by atoms with Crippen LogP contribution in [0.25, 0.3) is 0 Å². The van der Waals surface area contributed by atoms with E-state index in [-0.39, 0.29) is 0 Å². The van der Waals surface area contributed by atoms with Gasteiger partial charge in [0.15, 0.2) is 9.12 Å². The molecule has 0 aromatic carbocycles. The molecule has 44 valence electrons. The summed E-state index contributed by atoms with van der Waals surface area (Å²) in [6.45, 7) is 2.15. The van der Waals surface area contributed by atoms with Crippen molar-refractivity contribution in [3.05, 3.63) is 0 Å². The van der Waals surface area contributed by atoms with Gasteiger partial charge >= 0.3 is 0 Å². The van der Waals surface area contributed by atoms with Crippen molar-refractivity contribution < 1.29 is 0 Å². The maximum absolute atomic E-state index is 5.40. The summed E-state index contributed by atoms with van der Waals surface area (Å²) in [5.41, 5.74) is 0. The van der Waals surface area contributed by atoms with Crippen LogP contribution >= 0.6 is 0 Å². The van der Waals surface area contributed by atoms with Gasteiger partial charge in [-0.3, -0.25) is 0 Å². The molecule has 0 aliphatic heterocycles. The number of rotatable bonds is 3. The van der Waals surface area contributed by atoms with Crippen molar-refractivity contribution in [3.63, 3.8) is 0 Å². The van der Waals surface area contributed by atoms with Crippen LogP contribution in [0, 0.1) is 0 Å². The van der Waals surface area contributed by atoms with E-state index in [0.29, 0.717) is 0 Å². The van der Waals surface area contributed by atoms with Gasteiger partial charge in [0.25, 0.3) is 0 Å². The molecule has 0 aliphatic rings. The lowest BCUT2D eigenvalue weighted by Gasteiger charge is -1.97.